The number of pyridine rings is 1. The molecule has 0 spiro atoms. The Hall–Kier alpha value is -2.03. The molecule has 1 aromatic heterocycles. The van der Waals surface area contributed by atoms with Crippen molar-refractivity contribution in [1.82, 2.24) is 4.98 Å². The smallest absolute Gasteiger partial charge is 0.0626 e. The van der Waals surface area contributed by atoms with Crippen molar-refractivity contribution in [3.8, 4) is 0 Å². The minimum Gasteiger partial charge on any atom is -0.399 e. The molecule has 0 bridgehead atoms. The average Bonchev–Trinajstić information content (AvgIpc) is 2.74. The SMILES string of the molecule is Cc1cccnc1CN1CCc2cc(N)ccc21. The highest BCUT2D eigenvalue weighted by Crippen LogP contribution is 2.30. The normalized spacial score (nSPS) is 13.7. The van der Waals surface area contributed by atoms with E-state index in [-0.39, 0.29) is 0 Å². The molecule has 2 heterocycles. The number of fused-ring (bicyclic) bond motifs is 1. The van der Waals surface area contributed by atoms with Gasteiger partial charge in [-0.05, 0) is 48.7 Å². The second-order valence-corrected chi connectivity index (χ2v) is 4.83. The van der Waals surface area contributed by atoms with Crippen LogP contribution in [0.25, 0.3) is 0 Å². The van der Waals surface area contributed by atoms with Crippen LogP contribution in [0.15, 0.2) is 36.5 Å². The molecule has 1 aliphatic rings. The van der Waals surface area contributed by atoms with Gasteiger partial charge < -0.3 is 10.6 Å². The summed E-state index contributed by atoms with van der Waals surface area (Å²) in [6.45, 7) is 4.04. The van der Waals surface area contributed by atoms with Crippen molar-refractivity contribution in [3.63, 3.8) is 0 Å². The number of nitrogens with zero attached hydrogens (tertiary/aromatic N) is 2. The Morgan fingerprint density at radius 3 is 3.06 bits per heavy atom. The summed E-state index contributed by atoms with van der Waals surface area (Å²) in [5, 5.41) is 0. The Bertz CT molecular complexity index is 578. The van der Waals surface area contributed by atoms with Crippen LogP contribution in [-0.4, -0.2) is 11.5 Å². The highest BCUT2D eigenvalue weighted by Gasteiger charge is 2.19. The summed E-state index contributed by atoms with van der Waals surface area (Å²) in [5.74, 6) is 0. The van der Waals surface area contributed by atoms with Crippen LogP contribution in [-0.2, 0) is 13.0 Å². The molecule has 92 valence electrons. The molecule has 3 rings (SSSR count). The van der Waals surface area contributed by atoms with Gasteiger partial charge in [-0.25, -0.2) is 0 Å². The number of benzene rings is 1. The average molecular weight is 239 g/mol. The van der Waals surface area contributed by atoms with Crippen LogP contribution in [0.3, 0.4) is 0 Å². The third-order valence-electron chi connectivity index (χ3n) is 3.55. The second kappa shape index (κ2) is 4.33. The fourth-order valence-electron chi connectivity index (χ4n) is 2.52. The molecule has 0 atom stereocenters. The Balaban J connectivity index is 1.87. The summed E-state index contributed by atoms with van der Waals surface area (Å²) in [5.41, 5.74) is 11.7. The first-order valence-corrected chi connectivity index (χ1v) is 6.28. The van der Waals surface area contributed by atoms with Crippen LogP contribution in [0.1, 0.15) is 16.8 Å². The van der Waals surface area contributed by atoms with Crippen molar-refractivity contribution >= 4 is 11.4 Å². The number of rotatable bonds is 2. The van der Waals surface area contributed by atoms with Gasteiger partial charge in [-0.1, -0.05) is 6.07 Å². The van der Waals surface area contributed by atoms with Crippen LogP contribution in [0, 0.1) is 6.92 Å². The van der Waals surface area contributed by atoms with E-state index in [1.54, 1.807) is 0 Å². The molecule has 2 N–H and O–H groups in total. The zero-order valence-corrected chi connectivity index (χ0v) is 10.6. The topological polar surface area (TPSA) is 42.2 Å². The van der Waals surface area contributed by atoms with E-state index in [1.165, 1.54) is 16.8 Å². The molecule has 0 saturated heterocycles. The van der Waals surface area contributed by atoms with Crippen molar-refractivity contribution in [1.29, 1.82) is 0 Å². The number of hydrogen-bond acceptors (Lipinski definition) is 3. The van der Waals surface area contributed by atoms with E-state index in [0.717, 1.165) is 30.9 Å². The Morgan fingerprint density at radius 2 is 2.22 bits per heavy atom. The lowest BCUT2D eigenvalue weighted by atomic mass is 10.1. The van der Waals surface area contributed by atoms with Crippen LogP contribution >= 0.6 is 0 Å². The molecule has 0 radical (unpaired) electrons. The fourth-order valence-corrected chi connectivity index (χ4v) is 2.52. The van der Waals surface area contributed by atoms with Gasteiger partial charge in [0.15, 0.2) is 0 Å². The molecule has 0 aliphatic carbocycles. The van der Waals surface area contributed by atoms with E-state index < -0.39 is 0 Å². The number of nitrogen functional groups attached to an aromatic ring is 1. The number of anilines is 2. The largest absolute Gasteiger partial charge is 0.399 e. The lowest BCUT2D eigenvalue weighted by Crippen LogP contribution is -2.20. The minimum absolute atomic E-state index is 0.851. The first-order valence-electron chi connectivity index (χ1n) is 6.28. The van der Waals surface area contributed by atoms with Gasteiger partial charge in [0.2, 0.25) is 0 Å². The fraction of sp³-hybridized carbons (Fsp3) is 0.267. The summed E-state index contributed by atoms with van der Waals surface area (Å²) in [6, 6.07) is 10.3. The second-order valence-electron chi connectivity index (χ2n) is 4.83. The molecule has 1 aliphatic heterocycles. The van der Waals surface area contributed by atoms with E-state index in [2.05, 4.69) is 35.0 Å². The highest BCUT2D eigenvalue weighted by atomic mass is 15.2. The summed E-state index contributed by atoms with van der Waals surface area (Å²) in [7, 11) is 0. The maximum atomic E-state index is 5.82. The van der Waals surface area contributed by atoms with Crippen LogP contribution in [0.2, 0.25) is 0 Å². The van der Waals surface area contributed by atoms with Gasteiger partial charge in [0.1, 0.15) is 0 Å². The molecule has 0 unspecified atom stereocenters. The van der Waals surface area contributed by atoms with E-state index in [9.17, 15) is 0 Å². The van der Waals surface area contributed by atoms with Gasteiger partial charge in [-0.2, -0.15) is 0 Å². The van der Waals surface area contributed by atoms with Crippen LogP contribution in [0.4, 0.5) is 11.4 Å². The molecular formula is C15H17N3. The van der Waals surface area contributed by atoms with Gasteiger partial charge in [0.25, 0.3) is 0 Å². The van der Waals surface area contributed by atoms with Crippen molar-refractivity contribution in [2.75, 3.05) is 17.2 Å². The predicted octanol–water partition coefficient (Wildman–Crippen LogP) is 2.53. The van der Waals surface area contributed by atoms with Gasteiger partial charge in [-0.15, -0.1) is 0 Å². The summed E-state index contributed by atoms with van der Waals surface area (Å²) < 4.78 is 0. The lowest BCUT2D eigenvalue weighted by Gasteiger charge is -2.19. The molecule has 18 heavy (non-hydrogen) atoms. The molecule has 1 aromatic carbocycles. The third kappa shape index (κ3) is 1.92. The first-order chi connectivity index (χ1) is 8.74. The van der Waals surface area contributed by atoms with E-state index in [4.69, 9.17) is 5.73 Å². The number of aromatic nitrogens is 1. The molecule has 0 fully saturated rings. The molecule has 2 aromatic rings. The maximum absolute atomic E-state index is 5.82. The number of nitrogens with two attached hydrogens (primary N) is 1. The van der Waals surface area contributed by atoms with Crippen LogP contribution < -0.4 is 10.6 Å². The number of hydrogen-bond donors (Lipinski definition) is 1. The summed E-state index contributed by atoms with van der Waals surface area (Å²) in [4.78, 5) is 6.84. The lowest BCUT2D eigenvalue weighted by molar-refractivity contribution is 0.808. The van der Waals surface area contributed by atoms with Gasteiger partial charge in [0, 0.05) is 24.1 Å². The van der Waals surface area contributed by atoms with E-state index >= 15 is 0 Å². The van der Waals surface area contributed by atoms with E-state index in [0.29, 0.717) is 0 Å². The number of aryl methyl sites for hydroxylation is 1. The molecule has 0 saturated carbocycles. The first kappa shape index (κ1) is 11.1. The molecular weight excluding hydrogens is 222 g/mol. The minimum atomic E-state index is 0.851. The van der Waals surface area contributed by atoms with Crippen molar-refractivity contribution < 1.29 is 0 Å². The van der Waals surface area contributed by atoms with Crippen molar-refractivity contribution in [3.05, 3.63) is 53.3 Å². The zero-order chi connectivity index (χ0) is 12.5. The van der Waals surface area contributed by atoms with Crippen molar-refractivity contribution in [2.24, 2.45) is 0 Å². The zero-order valence-electron chi connectivity index (χ0n) is 10.6. The van der Waals surface area contributed by atoms with E-state index in [1.807, 2.05) is 18.3 Å². The monoisotopic (exact) mass is 239 g/mol. The standard InChI is InChI=1S/C15H17N3/c1-11-3-2-7-17-14(11)10-18-8-6-12-9-13(16)4-5-15(12)18/h2-5,7,9H,6,8,10,16H2,1H3. The Morgan fingerprint density at radius 1 is 1.33 bits per heavy atom. The summed E-state index contributed by atoms with van der Waals surface area (Å²) in [6.07, 6.45) is 2.94. The van der Waals surface area contributed by atoms with Gasteiger partial charge in [-0.3, -0.25) is 4.98 Å². The maximum Gasteiger partial charge on any atom is 0.0626 e. The predicted molar refractivity (Wildman–Crippen MR) is 74.6 cm³/mol. The van der Waals surface area contributed by atoms with Gasteiger partial charge in [0.05, 0.1) is 12.2 Å². The van der Waals surface area contributed by atoms with Gasteiger partial charge >= 0.3 is 0 Å². The molecule has 3 nitrogen and oxygen atoms in total. The highest BCUT2D eigenvalue weighted by molar-refractivity contribution is 5.63. The van der Waals surface area contributed by atoms with Crippen molar-refractivity contribution in [2.45, 2.75) is 19.9 Å². The Kier molecular flexibility index (Phi) is 2.67. The van der Waals surface area contributed by atoms with Crippen LogP contribution in [0.5, 0.6) is 0 Å². The quantitative estimate of drug-likeness (QED) is 0.819. The molecule has 3 heteroatoms. The summed E-state index contributed by atoms with van der Waals surface area (Å²) >= 11 is 0. The Labute approximate surface area is 107 Å². The third-order valence-corrected chi connectivity index (χ3v) is 3.55. The molecule has 0 amide bonds.